The van der Waals surface area contributed by atoms with Crippen molar-refractivity contribution in [2.75, 3.05) is 30.8 Å². The number of hydrogen-bond donors (Lipinski definition) is 2. The zero-order chi connectivity index (χ0) is 15.7. The van der Waals surface area contributed by atoms with Crippen molar-refractivity contribution in [1.82, 2.24) is 0 Å². The molecule has 0 fully saturated rings. The van der Waals surface area contributed by atoms with Gasteiger partial charge < -0.3 is 9.84 Å². The van der Waals surface area contributed by atoms with Gasteiger partial charge in [-0.1, -0.05) is 11.8 Å². The molecule has 1 aromatic carbocycles. The summed E-state index contributed by atoms with van der Waals surface area (Å²) in [5.74, 6) is 5.77. The number of aliphatic hydroxyl groups is 1. The van der Waals surface area contributed by atoms with Gasteiger partial charge in [-0.3, -0.25) is 4.72 Å². The van der Waals surface area contributed by atoms with Crippen LogP contribution in [0.1, 0.15) is 24.0 Å². The second-order valence-corrected chi connectivity index (χ2v) is 6.41. The van der Waals surface area contributed by atoms with Gasteiger partial charge in [0.25, 0.3) is 0 Å². The third kappa shape index (κ3) is 6.63. The summed E-state index contributed by atoms with van der Waals surface area (Å²) < 4.78 is 31.2. The van der Waals surface area contributed by atoms with Gasteiger partial charge in [-0.2, -0.15) is 0 Å². The lowest BCUT2D eigenvalue weighted by Gasteiger charge is -2.10. The topological polar surface area (TPSA) is 75.6 Å². The summed E-state index contributed by atoms with van der Waals surface area (Å²) in [6, 6.07) is 5.27. The standard InChI is InChI=1S/C15H21NO4S/c1-13-12-14(6-3-4-9-17)7-8-15(13)16-21(18,19)11-5-10-20-2/h7-8,12,16-17H,4-5,9-11H2,1-2H3. The van der Waals surface area contributed by atoms with Crippen LogP contribution in [0.15, 0.2) is 18.2 Å². The fraction of sp³-hybridized carbons (Fsp3) is 0.467. The van der Waals surface area contributed by atoms with Crippen LogP contribution in [0.25, 0.3) is 0 Å². The molecule has 0 aromatic heterocycles. The average molecular weight is 311 g/mol. The maximum atomic E-state index is 11.9. The third-order valence-corrected chi connectivity index (χ3v) is 4.08. The molecule has 0 atom stereocenters. The van der Waals surface area contributed by atoms with Gasteiger partial charge in [0.1, 0.15) is 0 Å². The molecule has 116 valence electrons. The maximum absolute atomic E-state index is 11.9. The molecule has 0 amide bonds. The molecule has 0 radical (unpaired) electrons. The van der Waals surface area contributed by atoms with Crippen molar-refractivity contribution in [2.45, 2.75) is 19.8 Å². The van der Waals surface area contributed by atoms with Crippen LogP contribution in [0.3, 0.4) is 0 Å². The zero-order valence-corrected chi connectivity index (χ0v) is 13.2. The fourth-order valence-corrected chi connectivity index (χ4v) is 2.85. The average Bonchev–Trinajstić information content (AvgIpc) is 2.42. The van der Waals surface area contributed by atoms with E-state index in [2.05, 4.69) is 16.6 Å². The van der Waals surface area contributed by atoms with Gasteiger partial charge >= 0.3 is 0 Å². The molecule has 0 unspecified atom stereocenters. The van der Waals surface area contributed by atoms with E-state index < -0.39 is 10.0 Å². The highest BCUT2D eigenvalue weighted by Gasteiger charge is 2.11. The van der Waals surface area contributed by atoms with Crippen molar-refractivity contribution in [2.24, 2.45) is 0 Å². The normalized spacial score (nSPS) is 10.8. The highest BCUT2D eigenvalue weighted by atomic mass is 32.2. The first kappa shape index (κ1) is 17.5. The largest absolute Gasteiger partial charge is 0.395 e. The predicted molar refractivity (Wildman–Crippen MR) is 83.7 cm³/mol. The quantitative estimate of drug-likeness (QED) is 0.591. The van der Waals surface area contributed by atoms with E-state index in [1.807, 2.05) is 13.0 Å². The first-order valence-corrected chi connectivity index (χ1v) is 8.33. The summed E-state index contributed by atoms with van der Waals surface area (Å²) in [5, 5.41) is 8.67. The molecule has 5 nitrogen and oxygen atoms in total. The zero-order valence-electron chi connectivity index (χ0n) is 12.3. The van der Waals surface area contributed by atoms with Gasteiger partial charge in [0.15, 0.2) is 0 Å². The van der Waals surface area contributed by atoms with Crippen LogP contribution in [0.2, 0.25) is 0 Å². The molecular weight excluding hydrogens is 290 g/mol. The molecule has 1 rings (SSSR count). The number of rotatable bonds is 7. The summed E-state index contributed by atoms with van der Waals surface area (Å²) in [6.45, 7) is 2.27. The molecule has 6 heteroatoms. The molecule has 0 bridgehead atoms. The Balaban J connectivity index is 2.75. The molecule has 0 saturated carbocycles. The Morgan fingerprint density at radius 2 is 2.14 bits per heavy atom. The van der Waals surface area contributed by atoms with Crippen LogP contribution in [-0.2, 0) is 14.8 Å². The van der Waals surface area contributed by atoms with Gasteiger partial charge in [0.05, 0.1) is 18.0 Å². The van der Waals surface area contributed by atoms with E-state index in [1.165, 1.54) is 0 Å². The second-order valence-electron chi connectivity index (χ2n) is 4.57. The Kier molecular flexibility index (Phi) is 7.23. The Hall–Kier alpha value is -1.55. The highest BCUT2D eigenvalue weighted by molar-refractivity contribution is 7.92. The van der Waals surface area contributed by atoms with E-state index in [1.54, 1.807) is 19.2 Å². The van der Waals surface area contributed by atoms with Crippen LogP contribution in [-0.4, -0.2) is 39.6 Å². The van der Waals surface area contributed by atoms with Crippen molar-refractivity contribution in [3.05, 3.63) is 29.3 Å². The lowest BCUT2D eigenvalue weighted by atomic mass is 10.1. The van der Waals surface area contributed by atoms with E-state index in [0.29, 0.717) is 25.1 Å². The summed E-state index contributed by atoms with van der Waals surface area (Å²) in [5.41, 5.74) is 2.16. The molecule has 0 saturated heterocycles. The molecule has 0 aliphatic heterocycles. The number of aryl methyl sites for hydroxylation is 1. The minimum absolute atomic E-state index is 0.0261. The van der Waals surface area contributed by atoms with E-state index in [0.717, 1.165) is 11.1 Å². The van der Waals surface area contributed by atoms with E-state index in [9.17, 15) is 8.42 Å². The first-order valence-electron chi connectivity index (χ1n) is 6.68. The third-order valence-electron chi connectivity index (χ3n) is 2.72. The van der Waals surface area contributed by atoms with Crippen molar-refractivity contribution in [1.29, 1.82) is 0 Å². The summed E-state index contributed by atoms with van der Waals surface area (Å²) in [6.07, 6.45) is 0.878. The number of methoxy groups -OCH3 is 1. The summed E-state index contributed by atoms with van der Waals surface area (Å²) in [4.78, 5) is 0. The maximum Gasteiger partial charge on any atom is 0.232 e. The monoisotopic (exact) mass is 311 g/mol. The summed E-state index contributed by atoms with van der Waals surface area (Å²) >= 11 is 0. The molecule has 2 N–H and O–H groups in total. The Morgan fingerprint density at radius 3 is 2.76 bits per heavy atom. The smallest absolute Gasteiger partial charge is 0.232 e. The van der Waals surface area contributed by atoms with Gasteiger partial charge in [-0.25, -0.2) is 8.42 Å². The SMILES string of the molecule is COCCCS(=O)(=O)Nc1ccc(C#CCCO)cc1C. The van der Waals surface area contributed by atoms with Gasteiger partial charge in [-0.15, -0.1) is 0 Å². The lowest BCUT2D eigenvalue weighted by molar-refractivity contribution is 0.199. The van der Waals surface area contributed by atoms with Gasteiger partial charge in [0, 0.05) is 25.7 Å². The number of anilines is 1. The minimum Gasteiger partial charge on any atom is -0.395 e. The Labute approximate surface area is 126 Å². The van der Waals surface area contributed by atoms with E-state index in [-0.39, 0.29) is 12.4 Å². The van der Waals surface area contributed by atoms with Gasteiger partial charge in [0.2, 0.25) is 10.0 Å². The van der Waals surface area contributed by atoms with Crippen molar-refractivity contribution < 1.29 is 18.3 Å². The minimum atomic E-state index is -3.36. The van der Waals surface area contributed by atoms with Crippen LogP contribution in [0.4, 0.5) is 5.69 Å². The van der Waals surface area contributed by atoms with Crippen molar-refractivity contribution in [3.63, 3.8) is 0 Å². The number of ether oxygens (including phenoxy) is 1. The molecular formula is C15H21NO4S. The van der Waals surface area contributed by atoms with Crippen LogP contribution in [0, 0.1) is 18.8 Å². The highest BCUT2D eigenvalue weighted by Crippen LogP contribution is 2.17. The molecule has 0 aliphatic rings. The molecule has 21 heavy (non-hydrogen) atoms. The summed E-state index contributed by atoms with van der Waals surface area (Å²) in [7, 11) is -1.82. The molecule has 0 spiro atoms. The molecule has 0 heterocycles. The van der Waals surface area contributed by atoms with E-state index >= 15 is 0 Å². The Bertz CT molecular complexity index is 614. The van der Waals surface area contributed by atoms with Crippen LogP contribution < -0.4 is 4.72 Å². The fourth-order valence-electron chi connectivity index (χ4n) is 1.69. The lowest BCUT2D eigenvalue weighted by Crippen LogP contribution is -2.18. The van der Waals surface area contributed by atoms with Crippen molar-refractivity contribution >= 4 is 15.7 Å². The number of sulfonamides is 1. The first-order chi connectivity index (χ1) is 9.98. The Morgan fingerprint density at radius 1 is 1.38 bits per heavy atom. The number of benzene rings is 1. The van der Waals surface area contributed by atoms with Crippen LogP contribution >= 0.6 is 0 Å². The van der Waals surface area contributed by atoms with E-state index in [4.69, 9.17) is 9.84 Å². The molecule has 1 aromatic rings. The number of hydrogen-bond acceptors (Lipinski definition) is 4. The van der Waals surface area contributed by atoms with Crippen molar-refractivity contribution in [3.8, 4) is 11.8 Å². The predicted octanol–water partition coefficient (Wildman–Crippen LogP) is 1.51. The molecule has 0 aliphatic carbocycles. The second kappa shape index (κ2) is 8.67. The number of nitrogens with one attached hydrogen (secondary N) is 1. The van der Waals surface area contributed by atoms with Crippen LogP contribution in [0.5, 0.6) is 0 Å². The van der Waals surface area contributed by atoms with Gasteiger partial charge in [-0.05, 0) is 37.1 Å². The number of aliphatic hydroxyl groups excluding tert-OH is 1.